The van der Waals surface area contributed by atoms with Gasteiger partial charge in [-0.1, -0.05) is 6.07 Å². The van der Waals surface area contributed by atoms with E-state index >= 15 is 0 Å². The molecule has 182 valence electrons. The van der Waals surface area contributed by atoms with Crippen LogP contribution in [0.1, 0.15) is 12.0 Å². The summed E-state index contributed by atoms with van der Waals surface area (Å²) in [6.45, 7) is 0.751. The first-order valence-electron chi connectivity index (χ1n) is 10.4. The molecular weight excluding hydrogens is 483 g/mol. The smallest absolute Gasteiger partial charge is 0.355 e. The standard InChI is InChI=1S/C20H19F5N6O2S/c21-16(22)9-31-18-15(7-27-31)26-8-17(28-18)29-5-4-19(10-29)11-30(12-19)34(32,33)14-3-1-2-13(6-14)20(23,24)25/h1-3,6-8,16H,4-5,9-12H2. The van der Waals surface area contributed by atoms with Gasteiger partial charge in [0, 0.05) is 31.6 Å². The van der Waals surface area contributed by atoms with E-state index in [-0.39, 0.29) is 24.2 Å². The molecule has 0 atom stereocenters. The van der Waals surface area contributed by atoms with Gasteiger partial charge in [-0.15, -0.1) is 0 Å². The fraction of sp³-hybridized carbons (Fsp3) is 0.450. The van der Waals surface area contributed by atoms with E-state index < -0.39 is 39.6 Å². The van der Waals surface area contributed by atoms with Gasteiger partial charge in [-0.2, -0.15) is 22.6 Å². The second-order valence-corrected chi connectivity index (χ2v) is 10.6. The molecule has 0 saturated carbocycles. The highest BCUT2D eigenvalue weighted by Crippen LogP contribution is 2.43. The van der Waals surface area contributed by atoms with Crippen molar-refractivity contribution in [1.29, 1.82) is 0 Å². The quantitative estimate of drug-likeness (QED) is 0.499. The van der Waals surface area contributed by atoms with Crippen LogP contribution in [0.3, 0.4) is 0 Å². The number of fused-ring (bicyclic) bond motifs is 1. The van der Waals surface area contributed by atoms with Crippen molar-refractivity contribution in [2.45, 2.75) is 30.5 Å². The zero-order chi connectivity index (χ0) is 24.3. The third kappa shape index (κ3) is 3.98. The first kappa shape index (κ1) is 22.9. The Kier molecular flexibility index (Phi) is 5.28. The van der Waals surface area contributed by atoms with E-state index in [4.69, 9.17) is 0 Å². The fourth-order valence-corrected chi connectivity index (χ4v) is 6.21. The number of aromatic nitrogens is 4. The molecule has 2 aromatic heterocycles. The van der Waals surface area contributed by atoms with Crippen molar-refractivity contribution in [3.63, 3.8) is 0 Å². The summed E-state index contributed by atoms with van der Waals surface area (Å²) in [6.07, 6.45) is -3.70. The van der Waals surface area contributed by atoms with Crippen molar-refractivity contribution >= 4 is 27.0 Å². The number of rotatable bonds is 5. The molecule has 2 aliphatic rings. The third-order valence-electron chi connectivity index (χ3n) is 6.23. The number of alkyl halides is 5. The molecule has 0 amide bonds. The summed E-state index contributed by atoms with van der Waals surface area (Å²) in [5.74, 6) is 0.472. The molecule has 0 bridgehead atoms. The summed E-state index contributed by atoms with van der Waals surface area (Å²) in [6, 6.07) is 3.71. The Balaban J connectivity index is 1.30. The number of nitrogens with zero attached hydrogens (tertiary/aromatic N) is 6. The van der Waals surface area contributed by atoms with E-state index in [1.54, 1.807) is 0 Å². The van der Waals surface area contributed by atoms with Crippen LogP contribution in [0.15, 0.2) is 41.6 Å². The van der Waals surface area contributed by atoms with Gasteiger partial charge < -0.3 is 4.90 Å². The van der Waals surface area contributed by atoms with E-state index in [1.807, 2.05) is 4.90 Å². The zero-order valence-electron chi connectivity index (χ0n) is 17.6. The second-order valence-electron chi connectivity index (χ2n) is 8.63. The van der Waals surface area contributed by atoms with E-state index in [9.17, 15) is 30.4 Å². The Morgan fingerprint density at radius 3 is 2.59 bits per heavy atom. The Labute approximate surface area is 191 Å². The number of benzene rings is 1. The molecule has 2 fully saturated rings. The number of hydrogen-bond acceptors (Lipinski definition) is 6. The summed E-state index contributed by atoms with van der Waals surface area (Å²) in [4.78, 5) is 10.2. The van der Waals surface area contributed by atoms with Crippen LogP contribution in [0, 0.1) is 5.41 Å². The number of hydrogen-bond donors (Lipinski definition) is 0. The molecule has 14 heteroatoms. The van der Waals surface area contributed by atoms with Crippen molar-refractivity contribution in [2.24, 2.45) is 5.41 Å². The molecule has 2 saturated heterocycles. The minimum Gasteiger partial charge on any atom is -0.355 e. The van der Waals surface area contributed by atoms with Crippen LogP contribution in [0.5, 0.6) is 0 Å². The molecule has 0 N–H and O–H groups in total. The zero-order valence-corrected chi connectivity index (χ0v) is 18.4. The van der Waals surface area contributed by atoms with E-state index in [0.717, 1.165) is 22.9 Å². The lowest BCUT2D eigenvalue weighted by atomic mass is 9.81. The molecule has 0 aliphatic carbocycles. The van der Waals surface area contributed by atoms with Crippen molar-refractivity contribution in [2.75, 3.05) is 31.1 Å². The van der Waals surface area contributed by atoms with Crippen molar-refractivity contribution in [3.8, 4) is 0 Å². The average molecular weight is 502 g/mol. The molecule has 34 heavy (non-hydrogen) atoms. The minimum atomic E-state index is -4.64. The predicted molar refractivity (Wildman–Crippen MR) is 111 cm³/mol. The monoisotopic (exact) mass is 502 g/mol. The number of sulfonamides is 1. The summed E-state index contributed by atoms with van der Waals surface area (Å²) in [5, 5.41) is 3.90. The largest absolute Gasteiger partial charge is 0.416 e. The molecule has 3 aromatic rings. The topological polar surface area (TPSA) is 84.2 Å². The van der Waals surface area contributed by atoms with Crippen LogP contribution in [0.25, 0.3) is 11.2 Å². The maximum atomic E-state index is 13.0. The van der Waals surface area contributed by atoms with Gasteiger partial charge in [-0.25, -0.2) is 31.8 Å². The van der Waals surface area contributed by atoms with Gasteiger partial charge in [0.2, 0.25) is 10.0 Å². The molecule has 1 spiro atoms. The van der Waals surface area contributed by atoms with Crippen LogP contribution in [0.2, 0.25) is 0 Å². The summed E-state index contributed by atoms with van der Waals surface area (Å²) < 4.78 is 92.6. The van der Waals surface area contributed by atoms with Crippen LogP contribution in [-0.4, -0.2) is 65.1 Å². The summed E-state index contributed by atoms with van der Waals surface area (Å²) in [5.41, 5.74) is -0.758. The SMILES string of the molecule is O=S(=O)(c1cccc(C(F)(F)F)c1)N1CC2(CCN(c3cnc4cnn(CC(F)F)c4n3)C2)C1. The Morgan fingerprint density at radius 1 is 1.12 bits per heavy atom. The lowest BCUT2D eigenvalue weighted by Gasteiger charge is -2.46. The van der Waals surface area contributed by atoms with Gasteiger partial charge in [-0.3, -0.25) is 0 Å². The maximum Gasteiger partial charge on any atom is 0.416 e. The first-order valence-corrected chi connectivity index (χ1v) is 11.8. The van der Waals surface area contributed by atoms with E-state index in [2.05, 4.69) is 15.1 Å². The Hall–Kier alpha value is -2.87. The molecule has 2 aliphatic heterocycles. The Bertz CT molecular complexity index is 1340. The average Bonchev–Trinajstić information content (AvgIpc) is 3.37. The van der Waals surface area contributed by atoms with Gasteiger partial charge in [0.15, 0.2) is 5.65 Å². The van der Waals surface area contributed by atoms with E-state index in [1.165, 1.54) is 16.7 Å². The number of halogens is 5. The van der Waals surface area contributed by atoms with Crippen LogP contribution in [0.4, 0.5) is 27.8 Å². The lowest BCUT2D eigenvalue weighted by molar-refractivity contribution is -0.137. The van der Waals surface area contributed by atoms with E-state index in [0.29, 0.717) is 36.9 Å². The van der Waals surface area contributed by atoms with Crippen molar-refractivity contribution in [3.05, 3.63) is 42.2 Å². The van der Waals surface area contributed by atoms with Crippen molar-refractivity contribution in [1.82, 2.24) is 24.1 Å². The normalized spacial score (nSPS) is 18.8. The maximum absolute atomic E-state index is 13.0. The van der Waals surface area contributed by atoms with Gasteiger partial charge in [0.1, 0.15) is 17.9 Å². The van der Waals surface area contributed by atoms with Crippen LogP contribution >= 0.6 is 0 Å². The van der Waals surface area contributed by atoms with Crippen LogP contribution in [-0.2, 0) is 22.7 Å². The second kappa shape index (κ2) is 7.83. The fourth-order valence-electron chi connectivity index (χ4n) is 4.50. The van der Waals surface area contributed by atoms with Gasteiger partial charge >= 0.3 is 6.18 Å². The highest BCUT2D eigenvalue weighted by atomic mass is 32.2. The highest BCUT2D eigenvalue weighted by Gasteiger charge is 2.52. The molecular formula is C20H19F5N6O2S. The van der Waals surface area contributed by atoms with Gasteiger partial charge in [-0.05, 0) is 24.6 Å². The molecule has 5 rings (SSSR count). The third-order valence-corrected chi connectivity index (χ3v) is 8.02. The molecule has 8 nitrogen and oxygen atoms in total. The lowest BCUT2D eigenvalue weighted by Crippen LogP contribution is -2.59. The van der Waals surface area contributed by atoms with Crippen LogP contribution < -0.4 is 4.90 Å². The number of anilines is 1. The Morgan fingerprint density at radius 2 is 1.88 bits per heavy atom. The molecule has 0 unspecified atom stereocenters. The highest BCUT2D eigenvalue weighted by molar-refractivity contribution is 7.89. The summed E-state index contributed by atoms with van der Waals surface area (Å²) >= 11 is 0. The minimum absolute atomic E-state index is 0.168. The predicted octanol–water partition coefficient (Wildman–Crippen LogP) is 3.01. The molecule has 4 heterocycles. The van der Waals surface area contributed by atoms with Gasteiger partial charge in [0.05, 0.1) is 22.9 Å². The molecule has 1 aromatic carbocycles. The van der Waals surface area contributed by atoms with Crippen molar-refractivity contribution < 1.29 is 30.4 Å². The van der Waals surface area contributed by atoms with Gasteiger partial charge in [0.25, 0.3) is 6.43 Å². The molecule has 0 radical (unpaired) electrons. The summed E-state index contributed by atoms with van der Waals surface area (Å²) in [7, 11) is -4.06. The first-order chi connectivity index (χ1) is 16.0.